The molecule has 1 aromatic carbocycles. The lowest BCUT2D eigenvalue weighted by atomic mass is 10.0. The fraction of sp³-hybridized carbons (Fsp3) is 0.167. The monoisotopic (exact) mass is 271 g/mol. The van der Waals surface area contributed by atoms with Crippen LogP contribution in [0.5, 0.6) is 0 Å². The molecule has 0 amide bonds. The smallest absolute Gasteiger partial charge is 0.0664 e. The lowest BCUT2D eigenvalue weighted by molar-refractivity contribution is 0.883. The molecule has 0 spiro atoms. The summed E-state index contributed by atoms with van der Waals surface area (Å²) >= 11 is 13.6. The van der Waals surface area contributed by atoms with Crippen molar-refractivity contribution in [1.29, 1.82) is 0 Å². The minimum absolute atomic E-state index is 0.203. The van der Waals surface area contributed by atoms with E-state index in [1.54, 1.807) is 11.3 Å². The highest BCUT2D eigenvalue weighted by Crippen LogP contribution is 2.33. The Morgan fingerprint density at radius 1 is 1.25 bits per heavy atom. The van der Waals surface area contributed by atoms with Gasteiger partial charge in [-0.2, -0.15) is 0 Å². The third kappa shape index (κ3) is 2.25. The Kier molecular flexibility index (Phi) is 3.55. The average Bonchev–Trinajstić information content (AvgIpc) is 2.67. The van der Waals surface area contributed by atoms with Gasteiger partial charge < -0.3 is 5.73 Å². The molecule has 0 bridgehead atoms. The molecule has 1 atom stereocenters. The van der Waals surface area contributed by atoms with Crippen molar-refractivity contribution < 1.29 is 0 Å². The summed E-state index contributed by atoms with van der Waals surface area (Å²) < 4.78 is 0. The fourth-order valence-electron chi connectivity index (χ4n) is 1.61. The number of nitrogens with two attached hydrogens (primary N) is 1. The van der Waals surface area contributed by atoms with E-state index in [1.807, 2.05) is 36.6 Å². The molecule has 2 aromatic rings. The Morgan fingerprint density at radius 3 is 2.62 bits per heavy atom. The van der Waals surface area contributed by atoms with Crippen LogP contribution in [0, 0.1) is 6.92 Å². The van der Waals surface area contributed by atoms with Crippen LogP contribution < -0.4 is 5.73 Å². The van der Waals surface area contributed by atoms with Gasteiger partial charge in [0.15, 0.2) is 0 Å². The SMILES string of the molecule is Cc1ccc(Cl)cc1C(N)c1sccc1Cl. The van der Waals surface area contributed by atoms with Crippen molar-refractivity contribution in [2.45, 2.75) is 13.0 Å². The molecule has 0 fully saturated rings. The number of thiophene rings is 1. The predicted octanol–water partition coefficient (Wildman–Crippen LogP) is 4.41. The van der Waals surface area contributed by atoms with E-state index in [-0.39, 0.29) is 6.04 Å². The van der Waals surface area contributed by atoms with Gasteiger partial charge in [0.2, 0.25) is 0 Å². The van der Waals surface area contributed by atoms with Gasteiger partial charge in [-0.05, 0) is 41.6 Å². The first-order chi connectivity index (χ1) is 7.59. The van der Waals surface area contributed by atoms with Gasteiger partial charge in [-0.15, -0.1) is 11.3 Å². The maximum atomic E-state index is 6.20. The van der Waals surface area contributed by atoms with E-state index >= 15 is 0 Å². The summed E-state index contributed by atoms with van der Waals surface area (Å²) in [5.41, 5.74) is 8.35. The third-order valence-electron chi connectivity index (χ3n) is 2.50. The lowest BCUT2D eigenvalue weighted by Gasteiger charge is -2.14. The number of halogens is 2. The van der Waals surface area contributed by atoms with Gasteiger partial charge in [0, 0.05) is 9.90 Å². The van der Waals surface area contributed by atoms with Gasteiger partial charge in [0.05, 0.1) is 11.1 Å². The normalized spacial score (nSPS) is 12.8. The van der Waals surface area contributed by atoms with Gasteiger partial charge >= 0.3 is 0 Å². The van der Waals surface area contributed by atoms with Crippen molar-refractivity contribution in [3.8, 4) is 0 Å². The largest absolute Gasteiger partial charge is 0.320 e. The lowest BCUT2D eigenvalue weighted by Crippen LogP contribution is -2.12. The molecule has 2 N–H and O–H groups in total. The highest BCUT2D eigenvalue weighted by atomic mass is 35.5. The van der Waals surface area contributed by atoms with Crippen LogP contribution in [-0.2, 0) is 0 Å². The molecule has 0 aliphatic rings. The molecule has 1 heterocycles. The fourth-order valence-corrected chi connectivity index (χ4v) is 2.99. The maximum Gasteiger partial charge on any atom is 0.0664 e. The average molecular weight is 272 g/mol. The summed E-state index contributed by atoms with van der Waals surface area (Å²) in [5, 5.41) is 3.36. The first-order valence-corrected chi connectivity index (χ1v) is 6.47. The summed E-state index contributed by atoms with van der Waals surface area (Å²) in [4.78, 5) is 0.979. The van der Waals surface area contributed by atoms with E-state index in [9.17, 15) is 0 Å². The molecule has 0 saturated carbocycles. The van der Waals surface area contributed by atoms with Gasteiger partial charge in [-0.25, -0.2) is 0 Å². The highest BCUT2D eigenvalue weighted by molar-refractivity contribution is 7.10. The molecule has 0 aliphatic heterocycles. The summed E-state index contributed by atoms with van der Waals surface area (Å²) in [6.07, 6.45) is 0. The quantitative estimate of drug-likeness (QED) is 0.860. The van der Waals surface area contributed by atoms with E-state index in [0.717, 1.165) is 21.0 Å². The molecular weight excluding hydrogens is 261 g/mol. The molecule has 84 valence electrons. The Hall–Kier alpha value is -0.540. The Labute approximate surface area is 109 Å². The second-order valence-corrected chi connectivity index (χ2v) is 5.40. The molecular formula is C12H11Cl2NS. The van der Waals surface area contributed by atoms with Gasteiger partial charge in [-0.3, -0.25) is 0 Å². The summed E-state index contributed by atoms with van der Waals surface area (Å²) in [6.45, 7) is 2.02. The van der Waals surface area contributed by atoms with Crippen LogP contribution in [0.4, 0.5) is 0 Å². The zero-order valence-corrected chi connectivity index (χ0v) is 11.0. The van der Waals surface area contributed by atoms with Crippen LogP contribution in [0.15, 0.2) is 29.6 Å². The Morgan fingerprint density at radius 2 is 2.00 bits per heavy atom. The van der Waals surface area contributed by atoms with Crippen molar-refractivity contribution in [3.05, 3.63) is 55.7 Å². The second-order valence-electron chi connectivity index (χ2n) is 3.61. The minimum atomic E-state index is -0.203. The predicted molar refractivity (Wildman–Crippen MR) is 71.5 cm³/mol. The minimum Gasteiger partial charge on any atom is -0.320 e. The van der Waals surface area contributed by atoms with Crippen LogP contribution in [0.3, 0.4) is 0 Å². The zero-order valence-electron chi connectivity index (χ0n) is 8.71. The number of rotatable bonds is 2. The molecule has 0 saturated heterocycles. The van der Waals surface area contributed by atoms with E-state index in [2.05, 4.69) is 0 Å². The molecule has 2 rings (SSSR count). The van der Waals surface area contributed by atoms with Gasteiger partial charge in [0.25, 0.3) is 0 Å². The van der Waals surface area contributed by atoms with Crippen molar-refractivity contribution in [2.75, 3.05) is 0 Å². The first kappa shape index (κ1) is 11.9. The van der Waals surface area contributed by atoms with E-state index in [1.165, 1.54) is 0 Å². The number of hydrogen-bond donors (Lipinski definition) is 1. The molecule has 4 heteroatoms. The van der Waals surface area contributed by atoms with Crippen LogP contribution >= 0.6 is 34.5 Å². The summed E-state index contributed by atoms with van der Waals surface area (Å²) in [7, 11) is 0. The van der Waals surface area contributed by atoms with Gasteiger partial charge in [0.1, 0.15) is 0 Å². The molecule has 0 aliphatic carbocycles. The van der Waals surface area contributed by atoms with Crippen LogP contribution in [0.1, 0.15) is 22.0 Å². The van der Waals surface area contributed by atoms with Crippen LogP contribution in [-0.4, -0.2) is 0 Å². The van der Waals surface area contributed by atoms with Crippen molar-refractivity contribution in [1.82, 2.24) is 0 Å². The zero-order chi connectivity index (χ0) is 11.7. The van der Waals surface area contributed by atoms with Crippen LogP contribution in [0.2, 0.25) is 10.0 Å². The number of benzene rings is 1. The summed E-state index contributed by atoms with van der Waals surface area (Å²) in [6, 6.07) is 7.40. The molecule has 1 aromatic heterocycles. The molecule has 16 heavy (non-hydrogen) atoms. The van der Waals surface area contributed by atoms with E-state index in [0.29, 0.717) is 5.02 Å². The van der Waals surface area contributed by atoms with Crippen molar-refractivity contribution in [3.63, 3.8) is 0 Å². The Balaban J connectivity index is 2.45. The number of hydrogen-bond acceptors (Lipinski definition) is 2. The van der Waals surface area contributed by atoms with E-state index < -0.39 is 0 Å². The Bertz CT molecular complexity index is 507. The molecule has 0 radical (unpaired) electrons. The summed E-state index contributed by atoms with van der Waals surface area (Å²) in [5.74, 6) is 0. The van der Waals surface area contributed by atoms with Crippen LogP contribution in [0.25, 0.3) is 0 Å². The maximum absolute atomic E-state index is 6.20. The third-order valence-corrected chi connectivity index (χ3v) is 4.18. The van der Waals surface area contributed by atoms with Gasteiger partial charge in [-0.1, -0.05) is 29.3 Å². The number of aryl methyl sites for hydroxylation is 1. The second kappa shape index (κ2) is 4.76. The molecule has 1 unspecified atom stereocenters. The topological polar surface area (TPSA) is 26.0 Å². The first-order valence-electron chi connectivity index (χ1n) is 4.84. The van der Waals surface area contributed by atoms with Crippen molar-refractivity contribution in [2.24, 2.45) is 5.73 Å². The molecule has 1 nitrogen and oxygen atoms in total. The standard InChI is InChI=1S/C12H11Cl2NS/c1-7-2-3-8(13)6-9(7)11(15)12-10(14)4-5-16-12/h2-6,11H,15H2,1H3. The highest BCUT2D eigenvalue weighted by Gasteiger charge is 2.16. The van der Waals surface area contributed by atoms with Crippen molar-refractivity contribution >= 4 is 34.5 Å². The van der Waals surface area contributed by atoms with E-state index in [4.69, 9.17) is 28.9 Å².